The lowest BCUT2D eigenvalue weighted by molar-refractivity contribution is 0.0933. The van der Waals surface area contributed by atoms with Gasteiger partial charge in [-0.05, 0) is 23.5 Å². The Morgan fingerprint density at radius 3 is 2.35 bits per heavy atom. The van der Waals surface area contributed by atoms with Gasteiger partial charge in [-0.25, -0.2) is 0 Å². The van der Waals surface area contributed by atoms with Gasteiger partial charge in [0.05, 0.1) is 0 Å². The molecule has 1 unspecified atom stereocenters. The van der Waals surface area contributed by atoms with E-state index >= 15 is 0 Å². The quantitative estimate of drug-likeness (QED) is 0.815. The molecule has 2 N–H and O–H groups in total. The second-order valence-corrected chi connectivity index (χ2v) is 5.78. The van der Waals surface area contributed by atoms with E-state index in [2.05, 4.69) is 26.8 Å². The van der Waals surface area contributed by atoms with Crippen molar-refractivity contribution in [2.75, 3.05) is 6.54 Å². The summed E-state index contributed by atoms with van der Waals surface area (Å²) in [6.07, 6.45) is 0. The molecule has 2 nitrogen and oxygen atoms in total. The van der Waals surface area contributed by atoms with Gasteiger partial charge in [-0.15, -0.1) is 0 Å². The fourth-order valence-electron chi connectivity index (χ4n) is 1.78. The van der Waals surface area contributed by atoms with E-state index in [9.17, 15) is 4.79 Å². The average molecular weight is 233 g/mol. The SMILES string of the molecule is Cc1cc(C(C)(C)C)ccc1C(=O)C(C)CN. The number of aryl methyl sites for hydroxylation is 1. The lowest BCUT2D eigenvalue weighted by Gasteiger charge is -2.21. The summed E-state index contributed by atoms with van der Waals surface area (Å²) in [6, 6.07) is 6.09. The number of carbonyl (C=O) groups excluding carboxylic acids is 1. The van der Waals surface area contributed by atoms with E-state index in [1.54, 1.807) is 0 Å². The third kappa shape index (κ3) is 3.16. The summed E-state index contributed by atoms with van der Waals surface area (Å²) in [4.78, 5) is 12.1. The molecule has 0 saturated heterocycles. The molecule has 0 aliphatic carbocycles. The molecule has 0 fully saturated rings. The van der Waals surface area contributed by atoms with Gasteiger partial charge in [0.15, 0.2) is 5.78 Å². The Morgan fingerprint density at radius 1 is 1.35 bits per heavy atom. The van der Waals surface area contributed by atoms with Crippen LogP contribution in [0.2, 0.25) is 0 Å². The molecule has 1 aromatic rings. The van der Waals surface area contributed by atoms with Crippen LogP contribution in [0.15, 0.2) is 18.2 Å². The van der Waals surface area contributed by atoms with Crippen LogP contribution in [-0.4, -0.2) is 12.3 Å². The maximum atomic E-state index is 12.1. The summed E-state index contributed by atoms with van der Waals surface area (Å²) < 4.78 is 0. The summed E-state index contributed by atoms with van der Waals surface area (Å²) >= 11 is 0. The lowest BCUT2D eigenvalue weighted by atomic mass is 9.84. The van der Waals surface area contributed by atoms with E-state index < -0.39 is 0 Å². The van der Waals surface area contributed by atoms with Gasteiger partial charge in [0, 0.05) is 18.0 Å². The average Bonchev–Trinajstić information content (AvgIpc) is 2.25. The highest BCUT2D eigenvalue weighted by Crippen LogP contribution is 2.25. The van der Waals surface area contributed by atoms with E-state index in [0.717, 1.165) is 11.1 Å². The molecule has 2 heteroatoms. The number of hydrogen-bond acceptors (Lipinski definition) is 2. The van der Waals surface area contributed by atoms with Crippen molar-refractivity contribution in [3.63, 3.8) is 0 Å². The number of carbonyl (C=O) groups is 1. The van der Waals surface area contributed by atoms with Crippen LogP contribution < -0.4 is 5.73 Å². The Balaban J connectivity index is 3.11. The Labute approximate surface area is 104 Å². The molecular weight excluding hydrogens is 210 g/mol. The van der Waals surface area contributed by atoms with Crippen molar-refractivity contribution in [3.05, 3.63) is 34.9 Å². The zero-order valence-electron chi connectivity index (χ0n) is 11.5. The van der Waals surface area contributed by atoms with Gasteiger partial charge in [0.1, 0.15) is 0 Å². The smallest absolute Gasteiger partial charge is 0.167 e. The Kier molecular flexibility index (Phi) is 4.10. The molecule has 0 heterocycles. The van der Waals surface area contributed by atoms with Crippen molar-refractivity contribution < 1.29 is 4.79 Å². The first-order valence-electron chi connectivity index (χ1n) is 6.12. The molecule has 94 valence electrons. The zero-order chi connectivity index (χ0) is 13.2. The number of benzene rings is 1. The topological polar surface area (TPSA) is 43.1 Å². The first kappa shape index (κ1) is 13.9. The minimum Gasteiger partial charge on any atom is -0.330 e. The van der Waals surface area contributed by atoms with E-state index in [-0.39, 0.29) is 17.1 Å². The Bertz CT molecular complexity index is 415. The molecule has 0 saturated carbocycles. The first-order chi connectivity index (χ1) is 7.77. The number of rotatable bonds is 3. The minimum absolute atomic E-state index is 0.103. The minimum atomic E-state index is -0.103. The van der Waals surface area contributed by atoms with Crippen molar-refractivity contribution in [1.29, 1.82) is 0 Å². The standard InChI is InChI=1S/C15H23NO/c1-10-8-12(15(3,4)5)6-7-13(10)14(17)11(2)9-16/h6-8,11H,9,16H2,1-5H3. The summed E-state index contributed by atoms with van der Waals surface area (Å²) in [7, 11) is 0. The fraction of sp³-hybridized carbons (Fsp3) is 0.533. The highest BCUT2D eigenvalue weighted by atomic mass is 16.1. The Hall–Kier alpha value is -1.15. The van der Waals surface area contributed by atoms with Crippen molar-refractivity contribution in [2.24, 2.45) is 11.7 Å². The second kappa shape index (κ2) is 5.01. The molecule has 0 aliphatic heterocycles. The second-order valence-electron chi connectivity index (χ2n) is 5.78. The van der Waals surface area contributed by atoms with Crippen LogP contribution in [0.5, 0.6) is 0 Å². The van der Waals surface area contributed by atoms with Gasteiger partial charge < -0.3 is 5.73 Å². The summed E-state index contributed by atoms with van der Waals surface area (Å²) in [5, 5.41) is 0. The van der Waals surface area contributed by atoms with Crippen LogP contribution in [0.25, 0.3) is 0 Å². The van der Waals surface area contributed by atoms with Crippen LogP contribution in [0.4, 0.5) is 0 Å². The number of nitrogens with two attached hydrogens (primary N) is 1. The molecule has 0 amide bonds. The highest BCUT2D eigenvalue weighted by molar-refractivity contribution is 5.99. The molecule has 1 aromatic carbocycles. The van der Waals surface area contributed by atoms with Crippen LogP contribution in [0.3, 0.4) is 0 Å². The highest BCUT2D eigenvalue weighted by Gasteiger charge is 2.19. The van der Waals surface area contributed by atoms with Gasteiger partial charge in [-0.2, -0.15) is 0 Å². The third-order valence-electron chi connectivity index (χ3n) is 3.16. The summed E-state index contributed by atoms with van der Waals surface area (Å²) in [5.41, 5.74) is 8.76. The molecule has 0 bridgehead atoms. The van der Waals surface area contributed by atoms with Gasteiger partial charge in [0.25, 0.3) is 0 Å². The number of hydrogen-bond donors (Lipinski definition) is 1. The third-order valence-corrected chi connectivity index (χ3v) is 3.16. The zero-order valence-corrected chi connectivity index (χ0v) is 11.5. The van der Waals surface area contributed by atoms with Gasteiger partial charge in [-0.3, -0.25) is 4.79 Å². The molecule has 1 atom stereocenters. The van der Waals surface area contributed by atoms with E-state index in [1.807, 2.05) is 26.0 Å². The van der Waals surface area contributed by atoms with Gasteiger partial charge in [-0.1, -0.05) is 45.9 Å². The van der Waals surface area contributed by atoms with Crippen LogP contribution >= 0.6 is 0 Å². The van der Waals surface area contributed by atoms with Crippen molar-refractivity contribution in [2.45, 2.75) is 40.0 Å². The van der Waals surface area contributed by atoms with Crippen molar-refractivity contribution >= 4 is 5.78 Å². The molecular formula is C15H23NO. The number of ketones is 1. The molecule has 17 heavy (non-hydrogen) atoms. The van der Waals surface area contributed by atoms with Crippen LogP contribution in [0, 0.1) is 12.8 Å². The molecule has 0 spiro atoms. The van der Waals surface area contributed by atoms with Crippen LogP contribution in [0.1, 0.15) is 49.2 Å². The van der Waals surface area contributed by atoms with Crippen molar-refractivity contribution in [3.8, 4) is 0 Å². The van der Waals surface area contributed by atoms with E-state index in [0.29, 0.717) is 6.54 Å². The van der Waals surface area contributed by atoms with Gasteiger partial charge >= 0.3 is 0 Å². The maximum Gasteiger partial charge on any atom is 0.167 e. The number of Topliss-reactive ketones (excluding diaryl/α,β-unsaturated/α-hetero) is 1. The van der Waals surface area contributed by atoms with Crippen LogP contribution in [-0.2, 0) is 5.41 Å². The predicted octanol–water partition coefficient (Wildman–Crippen LogP) is 3.07. The maximum absolute atomic E-state index is 12.1. The van der Waals surface area contributed by atoms with E-state index in [4.69, 9.17) is 5.73 Å². The van der Waals surface area contributed by atoms with Crippen molar-refractivity contribution in [1.82, 2.24) is 0 Å². The largest absolute Gasteiger partial charge is 0.330 e. The fourth-order valence-corrected chi connectivity index (χ4v) is 1.78. The molecule has 0 aliphatic rings. The first-order valence-corrected chi connectivity index (χ1v) is 6.12. The normalized spacial score (nSPS) is 13.5. The molecule has 0 aromatic heterocycles. The lowest BCUT2D eigenvalue weighted by Crippen LogP contribution is -2.22. The monoisotopic (exact) mass is 233 g/mol. The Morgan fingerprint density at radius 2 is 1.94 bits per heavy atom. The predicted molar refractivity (Wildman–Crippen MR) is 72.4 cm³/mol. The molecule has 0 radical (unpaired) electrons. The van der Waals surface area contributed by atoms with E-state index in [1.165, 1.54) is 5.56 Å². The molecule has 1 rings (SSSR count). The summed E-state index contributed by atoms with van der Waals surface area (Å²) in [6.45, 7) is 10.8. The summed E-state index contributed by atoms with van der Waals surface area (Å²) in [5.74, 6) is 0.0413. The van der Waals surface area contributed by atoms with Gasteiger partial charge in [0.2, 0.25) is 0 Å².